The van der Waals surface area contributed by atoms with Crippen molar-refractivity contribution in [3.63, 3.8) is 0 Å². The third kappa shape index (κ3) is 5.59. The quantitative estimate of drug-likeness (QED) is 0.670. The number of pyridine rings is 1. The van der Waals surface area contributed by atoms with Crippen LogP contribution in [0.2, 0.25) is 0 Å². The van der Waals surface area contributed by atoms with Gasteiger partial charge in [0, 0.05) is 69.6 Å². The molecule has 2 saturated heterocycles. The van der Waals surface area contributed by atoms with Gasteiger partial charge in [0.2, 0.25) is 5.91 Å². The Balaban J connectivity index is 1.19. The molecule has 30 heavy (non-hydrogen) atoms. The second-order valence-corrected chi connectivity index (χ2v) is 9.16. The van der Waals surface area contributed by atoms with Gasteiger partial charge >= 0.3 is 0 Å². The third-order valence-electron chi connectivity index (χ3n) is 5.98. The van der Waals surface area contributed by atoms with Crippen LogP contribution >= 0.6 is 15.9 Å². The standard InChI is InChI=1S/C23H30BrN5O/c1-19-3-2-4-20(15-19)17-26-9-13-29(14-10-26)23(30)18-27-7-11-28(12-8-27)22-6-5-21(24)16-25-22/h2-6,15-16H,7-14,17-18H2,1H3. The maximum Gasteiger partial charge on any atom is 0.236 e. The van der Waals surface area contributed by atoms with Crippen molar-refractivity contribution in [1.29, 1.82) is 0 Å². The molecule has 0 spiro atoms. The number of benzene rings is 1. The molecule has 3 heterocycles. The molecule has 0 unspecified atom stereocenters. The van der Waals surface area contributed by atoms with Crippen LogP contribution < -0.4 is 4.90 Å². The maximum absolute atomic E-state index is 12.8. The van der Waals surface area contributed by atoms with Crippen molar-refractivity contribution in [2.75, 3.05) is 63.8 Å². The molecule has 0 atom stereocenters. The molecule has 0 N–H and O–H groups in total. The van der Waals surface area contributed by atoms with Crippen LogP contribution in [0.5, 0.6) is 0 Å². The highest BCUT2D eigenvalue weighted by Crippen LogP contribution is 2.17. The van der Waals surface area contributed by atoms with Gasteiger partial charge in [0.15, 0.2) is 0 Å². The monoisotopic (exact) mass is 471 g/mol. The highest BCUT2D eigenvalue weighted by molar-refractivity contribution is 9.10. The van der Waals surface area contributed by atoms with Gasteiger partial charge in [-0.2, -0.15) is 0 Å². The number of anilines is 1. The molecule has 1 amide bonds. The average molecular weight is 472 g/mol. The van der Waals surface area contributed by atoms with Crippen molar-refractivity contribution in [2.45, 2.75) is 13.5 Å². The molecule has 6 nitrogen and oxygen atoms in total. The lowest BCUT2D eigenvalue weighted by molar-refractivity contribution is -0.134. The van der Waals surface area contributed by atoms with Crippen LogP contribution in [-0.2, 0) is 11.3 Å². The SMILES string of the molecule is Cc1cccc(CN2CCN(C(=O)CN3CCN(c4ccc(Br)cn4)CC3)CC2)c1. The van der Waals surface area contributed by atoms with E-state index in [0.717, 1.165) is 69.2 Å². The van der Waals surface area contributed by atoms with Gasteiger partial charge in [0.1, 0.15) is 5.82 Å². The lowest BCUT2D eigenvalue weighted by Gasteiger charge is -2.38. The van der Waals surface area contributed by atoms with Gasteiger partial charge in [-0.1, -0.05) is 29.8 Å². The van der Waals surface area contributed by atoms with Crippen LogP contribution in [0.3, 0.4) is 0 Å². The van der Waals surface area contributed by atoms with Crippen LogP contribution in [0.15, 0.2) is 47.1 Å². The van der Waals surface area contributed by atoms with E-state index in [1.165, 1.54) is 11.1 Å². The number of piperazine rings is 2. The number of hydrogen-bond acceptors (Lipinski definition) is 5. The highest BCUT2D eigenvalue weighted by Gasteiger charge is 2.25. The summed E-state index contributed by atoms with van der Waals surface area (Å²) < 4.78 is 0.995. The summed E-state index contributed by atoms with van der Waals surface area (Å²) in [5.74, 6) is 1.27. The van der Waals surface area contributed by atoms with Crippen molar-refractivity contribution in [1.82, 2.24) is 19.7 Å². The summed E-state index contributed by atoms with van der Waals surface area (Å²) in [6.07, 6.45) is 1.84. The first kappa shape index (κ1) is 21.3. The molecule has 160 valence electrons. The largest absolute Gasteiger partial charge is 0.354 e. The number of aryl methyl sites for hydroxylation is 1. The molecule has 0 aliphatic carbocycles. The van der Waals surface area contributed by atoms with Gasteiger partial charge in [-0.3, -0.25) is 14.6 Å². The topological polar surface area (TPSA) is 42.9 Å². The van der Waals surface area contributed by atoms with E-state index in [0.29, 0.717) is 6.54 Å². The molecule has 0 bridgehead atoms. The van der Waals surface area contributed by atoms with Gasteiger partial charge in [-0.15, -0.1) is 0 Å². The number of amides is 1. The second-order valence-electron chi connectivity index (χ2n) is 8.24. The number of hydrogen-bond donors (Lipinski definition) is 0. The lowest BCUT2D eigenvalue weighted by Crippen LogP contribution is -2.53. The van der Waals surface area contributed by atoms with Crippen molar-refractivity contribution in [3.8, 4) is 0 Å². The van der Waals surface area contributed by atoms with Crippen LogP contribution in [0, 0.1) is 6.92 Å². The summed E-state index contributed by atoms with van der Waals surface area (Å²) in [6, 6.07) is 12.8. The molecular formula is C23H30BrN5O. The van der Waals surface area contributed by atoms with E-state index in [4.69, 9.17) is 0 Å². The predicted molar refractivity (Wildman–Crippen MR) is 124 cm³/mol. The Bertz CT molecular complexity index is 843. The minimum Gasteiger partial charge on any atom is -0.354 e. The van der Waals surface area contributed by atoms with Crippen molar-refractivity contribution in [2.24, 2.45) is 0 Å². The van der Waals surface area contributed by atoms with E-state index in [-0.39, 0.29) is 5.91 Å². The fraction of sp³-hybridized carbons (Fsp3) is 0.478. The Labute approximate surface area is 187 Å². The first-order valence-corrected chi connectivity index (χ1v) is 11.5. The molecule has 2 aromatic rings. The molecule has 7 heteroatoms. The molecular weight excluding hydrogens is 442 g/mol. The van der Waals surface area contributed by atoms with Crippen LogP contribution in [-0.4, -0.2) is 84.5 Å². The normalized spacial score (nSPS) is 18.6. The zero-order valence-electron chi connectivity index (χ0n) is 17.6. The number of halogens is 1. The molecule has 2 aliphatic heterocycles. The summed E-state index contributed by atoms with van der Waals surface area (Å²) >= 11 is 3.43. The van der Waals surface area contributed by atoms with E-state index in [1.807, 2.05) is 23.2 Å². The molecule has 2 aliphatic rings. The summed E-state index contributed by atoms with van der Waals surface area (Å²) in [6.45, 7) is 10.8. The van der Waals surface area contributed by atoms with Gasteiger partial charge in [0.25, 0.3) is 0 Å². The predicted octanol–water partition coefficient (Wildman–Crippen LogP) is 2.62. The molecule has 1 aromatic carbocycles. The number of rotatable bonds is 5. The average Bonchev–Trinajstić information content (AvgIpc) is 2.75. The zero-order valence-corrected chi connectivity index (χ0v) is 19.2. The van der Waals surface area contributed by atoms with E-state index >= 15 is 0 Å². The summed E-state index contributed by atoms with van der Waals surface area (Å²) in [4.78, 5) is 26.3. The Hall–Kier alpha value is -1.96. The first-order chi connectivity index (χ1) is 14.6. The van der Waals surface area contributed by atoms with E-state index in [2.05, 4.69) is 66.8 Å². The molecule has 0 saturated carbocycles. The van der Waals surface area contributed by atoms with Crippen LogP contribution in [0.25, 0.3) is 0 Å². The van der Waals surface area contributed by atoms with Crippen molar-refractivity contribution < 1.29 is 4.79 Å². The Morgan fingerprint density at radius 3 is 2.37 bits per heavy atom. The van der Waals surface area contributed by atoms with E-state index in [1.54, 1.807) is 0 Å². The van der Waals surface area contributed by atoms with Gasteiger partial charge in [-0.05, 0) is 40.5 Å². The van der Waals surface area contributed by atoms with Gasteiger partial charge in [-0.25, -0.2) is 4.98 Å². The summed E-state index contributed by atoms with van der Waals surface area (Å²) in [7, 11) is 0. The van der Waals surface area contributed by atoms with Crippen molar-refractivity contribution >= 4 is 27.7 Å². The highest BCUT2D eigenvalue weighted by atomic mass is 79.9. The zero-order chi connectivity index (χ0) is 20.9. The lowest BCUT2D eigenvalue weighted by atomic mass is 10.1. The fourth-order valence-corrected chi connectivity index (χ4v) is 4.44. The Kier molecular flexibility index (Phi) is 7.02. The Morgan fingerprint density at radius 2 is 1.70 bits per heavy atom. The molecule has 2 fully saturated rings. The van der Waals surface area contributed by atoms with Gasteiger partial charge in [0.05, 0.1) is 6.54 Å². The second kappa shape index (κ2) is 9.90. The van der Waals surface area contributed by atoms with Crippen LogP contribution in [0.4, 0.5) is 5.82 Å². The summed E-state index contributed by atoms with van der Waals surface area (Å²) in [5, 5.41) is 0. The minimum atomic E-state index is 0.264. The fourth-order valence-electron chi connectivity index (χ4n) is 4.21. The minimum absolute atomic E-state index is 0.264. The maximum atomic E-state index is 12.8. The number of aromatic nitrogens is 1. The number of carbonyl (C=O) groups excluding carboxylic acids is 1. The van der Waals surface area contributed by atoms with Crippen LogP contribution in [0.1, 0.15) is 11.1 Å². The molecule has 1 aromatic heterocycles. The molecule has 4 rings (SSSR count). The van der Waals surface area contributed by atoms with Gasteiger partial charge < -0.3 is 9.80 Å². The Morgan fingerprint density at radius 1 is 0.967 bits per heavy atom. The number of nitrogens with zero attached hydrogens (tertiary/aromatic N) is 5. The first-order valence-electron chi connectivity index (χ1n) is 10.7. The summed E-state index contributed by atoms with van der Waals surface area (Å²) in [5.41, 5.74) is 2.66. The number of carbonyl (C=O) groups is 1. The van der Waals surface area contributed by atoms with E-state index in [9.17, 15) is 4.79 Å². The third-order valence-corrected chi connectivity index (χ3v) is 6.45. The van der Waals surface area contributed by atoms with E-state index < -0.39 is 0 Å². The van der Waals surface area contributed by atoms with Crippen molar-refractivity contribution in [3.05, 3.63) is 58.2 Å². The smallest absolute Gasteiger partial charge is 0.236 e. The molecule has 0 radical (unpaired) electrons.